The number of H-pyrrole nitrogens is 1. The number of pyridine rings is 1. The molecule has 1 fully saturated rings. The molecule has 0 radical (unpaired) electrons. The van der Waals surface area contributed by atoms with Crippen molar-refractivity contribution >= 4 is 17.7 Å². The second-order valence-electron chi connectivity index (χ2n) is 5.47. The molecule has 5 nitrogen and oxygen atoms in total. The SMILES string of the molecule is O=C(c1cc(O)[nH]c(=O)c1)N1CCSC(c2ccccc2)CC1. The van der Waals surface area contributed by atoms with Crippen LogP contribution < -0.4 is 5.56 Å². The van der Waals surface area contributed by atoms with Crippen molar-refractivity contribution in [1.29, 1.82) is 0 Å². The number of carbonyl (C=O) groups is 1. The number of carbonyl (C=O) groups excluding carboxylic acids is 1. The van der Waals surface area contributed by atoms with E-state index in [0.717, 1.165) is 12.2 Å². The van der Waals surface area contributed by atoms with Gasteiger partial charge in [0.25, 0.3) is 11.5 Å². The molecule has 1 aromatic heterocycles. The number of amides is 1. The summed E-state index contributed by atoms with van der Waals surface area (Å²) in [6.45, 7) is 1.28. The number of rotatable bonds is 2. The van der Waals surface area contributed by atoms with Gasteiger partial charge in [0.05, 0.1) is 5.56 Å². The van der Waals surface area contributed by atoms with Crippen LogP contribution in [0.5, 0.6) is 5.88 Å². The first kappa shape index (κ1) is 15.7. The lowest BCUT2D eigenvalue weighted by molar-refractivity contribution is 0.0766. The Kier molecular flexibility index (Phi) is 4.71. The van der Waals surface area contributed by atoms with Crippen molar-refractivity contribution in [2.24, 2.45) is 0 Å². The standard InChI is InChI=1S/C17H18N2O3S/c20-15-10-13(11-16(21)18-15)17(22)19-7-6-14(23-9-8-19)12-4-2-1-3-5-12/h1-5,10-11,14H,6-9H2,(H2,18,20,21). The molecule has 2 N–H and O–H groups in total. The molecule has 1 amide bonds. The molecule has 1 aromatic carbocycles. The Morgan fingerprint density at radius 1 is 1.22 bits per heavy atom. The van der Waals surface area contributed by atoms with E-state index in [0.29, 0.717) is 18.3 Å². The highest BCUT2D eigenvalue weighted by molar-refractivity contribution is 7.99. The van der Waals surface area contributed by atoms with Gasteiger partial charge >= 0.3 is 0 Å². The van der Waals surface area contributed by atoms with Gasteiger partial charge in [0.1, 0.15) is 0 Å². The fraction of sp³-hybridized carbons (Fsp3) is 0.294. The van der Waals surface area contributed by atoms with Crippen molar-refractivity contribution in [3.8, 4) is 5.88 Å². The molecule has 0 bridgehead atoms. The molecular formula is C17H18N2O3S. The zero-order valence-electron chi connectivity index (χ0n) is 12.6. The van der Waals surface area contributed by atoms with Gasteiger partial charge in [-0.1, -0.05) is 30.3 Å². The van der Waals surface area contributed by atoms with E-state index in [1.54, 1.807) is 4.90 Å². The quantitative estimate of drug-likeness (QED) is 0.887. The molecular weight excluding hydrogens is 312 g/mol. The van der Waals surface area contributed by atoms with Crippen LogP contribution in [0.15, 0.2) is 47.3 Å². The Labute approximate surface area is 138 Å². The van der Waals surface area contributed by atoms with Gasteiger partial charge in [-0.25, -0.2) is 0 Å². The summed E-state index contributed by atoms with van der Waals surface area (Å²) < 4.78 is 0. The van der Waals surface area contributed by atoms with E-state index in [4.69, 9.17) is 0 Å². The van der Waals surface area contributed by atoms with Crippen LogP contribution in [0.1, 0.15) is 27.6 Å². The molecule has 23 heavy (non-hydrogen) atoms. The highest BCUT2D eigenvalue weighted by Gasteiger charge is 2.23. The van der Waals surface area contributed by atoms with Gasteiger partial charge in [-0.15, -0.1) is 0 Å². The normalized spacial score (nSPS) is 18.4. The lowest BCUT2D eigenvalue weighted by Crippen LogP contribution is -2.33. The number of thioether (sulfide) groups is 1. The van der Waals surface area contributed by atoms with Crippen LogP contribution in [0, 0.1) is 0 Å². The third-order valence-electron chi connectivity index (χ3n) is 3.88. The van der Waals surface area contributed by atoms with Crippen LogP contribution in [-0.4, -0.2) is 39.7 Å². The van der Waals surface area contributed by atoms with E-state index < -0.39 is 5.56 Å². The molecule has 1 aliphatic rings. The Morgan fingerprint density at radius 3 is 2.74 bits per heavy atom. The van der Waals surface area contributed by atoms with Gasteiger partial charge < -0.3 is 10.0 Å². The van der Waals surface area contributed by atoms with Crippen LogP contribution in [0.4, 0.5) is 0 Å². The first-order valence-corrected chi connectivity index (χ1v) is 8.57. The first-order chi connectivity index (χ1) is 11.1. The molecule has 120 valence electrons. The van der Waals surface area contributed by atoms with E-state index in [1.165, 1.54) is 17.7 Å². The number of hydrogen-bond acceptors (Lipinski definition) is 4. The molecule has 2 aromatic rings. The van der Waals surface area contributed by atoms with Crippen LogP contribution in [0.3, 0.4) is 0 Å². The van der Waals surface area contributed by atoms with Crippen LogP contribution in [0.2, 0.25) is 0 Å². The second kappa shape index (κ2) is 6.91. The van der Waals surface area contributed by atoms with Gasteiger partial charge in [-0.2, -0.15) is 11.8 Å². The first-order valence-electron chi connectivity index (χ1n) is 7.52. The topological polar surface area (TPSA) is 73.4 Å². The molecule has 3 rings (SSSR count). The summed E-state index contributed by atoms with van der Waals surface area (Å²) in [5.74, 6) is 0.355. The summed E-state index contributed by atoms with van der Waals surface area (Å²) in [5, 5.41) is 9.83. The number of hydrogen-bond donors (Lipinski definition) is 2. The number of benzene rings is 1. The number of aromatic hydroxyl groups is 1. The van der Waals surface area contributed by atoms with Gasteiger partial charge in [0.2, 0.25) is 0 Å². The van der Waals surface area contributed by atoms with Crippen molar-refractivity contribution in [1.82, 2.24) is 9.88 Å². The van der Waals surface area contributed by atoms with E-state index in [-0.39, 0.29) is 17.4 Å². The highest BCUT2D eigenvalue weighted by atomic mass is 32.2. The second-order valence-corrected chi connectivity index (χ2v) is 6.78. The van der Waals surface area contributed by atoms with Crippen molar-refractivity contribution in [2.75, 3.05) is 18.8 Å². The predicted octanol–water partition coefficient (Wildman–Crippen LogP) is 2.40. The molecule has 0 saturated carbocycles. The molecule has 6 heteroatoms. The summed E-state index contributed by atoms with van der Waals surface area (Å²) in [4.78, 5) is 28.0. The van der Waals surface area contributed by atoms with Crippen molar-refractivity contribution in [3.05, 3.63) is 63.9 Å². The monoisotopic (exact) mass is 330 g/mol. The fourth-order valence-electron chi connectivity index (χ4n) is 2.74. The van der Waals surface area contributed by atoms with Gasteiger partial charge in [-0.05, 0) is 12.0 Å². The zero-order valence-corrected chi connectivity index (χ0v) is 13.4. The van der Waals surface area contributed by atoms with E-state index in [1.807, 2.05) is 30.0 Å². The maximum absolute atomic E-state index is 12.6. The summed E-state index contributed by atoms with van der Waals surface area (Å²) in [7, 11) is 0. The average molecular weight is 330 g/mol. The number of nitrogens with one attached hydrogen (secondary N) is 1. The summed E-state index contributed by atoms with van der Waals surface area (Å²) in [6.07, 6.45) is 0.871. The lowest BCUT2D eigenvalue weighted by atomic mass is 10.1. The number of aromatic nitrogens is 1. The van der Waals surface area contributed by atoms with Gasteiger partial charge in [0, 0.05) is 36.2 Å². The molecule has 0 aliphatic carbocycles. The molecule has 1 atom stereocenters. The molecule has 2 heterocycles. The minimum absolute atomic E-state index is 0.208. The molecule has 0 spiro atoms. The summed E-state index contributed by atoms with van der Waals surface area (Å²) in [6, 6.07) is 12.8. The molecule has 1 saturated heterocycles. The number of aromatic amines is 1. The zero-order chi connectivity index (χ0) is 16.2. The Morgan fingerprint density at radius 2 is 2.00 bits per heavy atom. The minimum Gasteiger partial charge on any atom is -0.494 e. The third-order valence-corrected chi connectivity index (χ3v) is 5.21. The molecule has 1 unspecified atom stereocenters. The average Bonchev–Trinajstić information content (AvgIpc) is 2.80. The van der Waals surface area contributed by atoms with Crippen LogP contribution in [-0.2, 0) is 0 Å². The van der Waals surface area contributed by atoms with Crippen molar-refractivity contribution in [3.63, 3.8) is 0 Å². The Balaban J connectivity index is 1.72. The summed E-state index contributed by atoms with van der Waals surface area (Å²) in [5.41, 5.74) is 1.04. The Hall–Kier alpha value is -2.21. The maximum Gasteiger partial charge on any atom is 0.254 e. The summed E-state index contributed by atoms with van der Waals surface area (Å²) >= 11 is 1.85. The number of nitrogens with zero attached hydrogens (tertiary/aromatic N) is 1. The Bertz CT molecular complexity index is 745. The smallest absolute Gasteiger partial charge is 0.254 e. The van der Waals surface area contributed by atoms with Crippen molar-refractivity contribution < 1.29 is 9.90 Å². The fourth-order valence-corrected chi connectivity index (χ4v) is 3.97. The van der Waals surface area contributed by atoms with E-state index in [2.05, 4.69) is 17.1 Å². The molecule has 1 aliphatic heterocycles. The van der Waals surface area contributed by atoms with Crippen LogP contribution in [0.25, 0.3) is 0 Å². The largest absolute Gasteiger partial charge is 0.494 e. The van der Waals surface area contributed by atoms with E-state index >= 15 is 0 Å². The predicted molar refractivity (Wildman–Crippen MR) is 90.9 cm³/mol. The van der Waals surface area contributed by atoms with Crippen molar-refractivity contribution in [2.45, 2.75) is 11.7 Å². The lowest BCUT2D eigenvalue weighted by Gasteiger charge is -2.20. The van der Waals surface area contributed by atoms with Gasteiger partial charge in [-0.3, -0.25) is 14.6 Å². The minimum atomic E-state index is -0.472. The third kappa shape index (κ3) is 3.76. The maximum atomic E-state index is 12.6. The highest BCUT2D eigenvalue weighted by Crippen LogP contribution is 2.34. The van der Waals surface area contributed by atoms with Crippen LogP contribution >= 0.6 is 11.8 Å². The van der Waals surface area contributed by atoms with Gasteiger partial charge in [0.15, 0.2) is 5.88 Å². The van der Waals surface area contributed by atoms with E-state index in [9.17, 15) is 14.7 Å².